The second-order valence-corrected chi connectivity index (χ2v) is 5.65. The number of hydrogen-bond acceptors (Lipinski definition) is 4. The lowest BCUT2D eigenvalue weighted by Gasteiger charge is -2.10. The summed E-state index contributed by atoms with van der Waals surface area (Å²) in [6, 6.07) is 13.8. The molecule has 5 heteroatoms. The number of rotatable bonds is 3. The van der Waals surface area contributed by atoms with Gasteiger partial charge < -0.3 is 5.73 Å². The summed E-state index contributed by atoms with van der Waals surface area (Å²) in [5.74, 6) is 0. The van der Waals surface area contributed by atoms with Gasteiger partial charge in [-0.3, -0.25) is 4.40 Å². The molecule has 1 aromatic carbocycles. The van der Waals surface area contributed by atoms with Gasteiger partial charge in [0, 0.05) is 17.1 Å². The van der Waals surface area contributed by atoms with Crippen LogP contribution in [-0.4, -0.2) is 14.6 Å². The van der Waals surface area contributed by atoms with E-state index < -0.39 is 0 Å². The van der Waals surface area contributed by atoms with Gasteiger partial charge in [0.15, 0.2) is 10.8 Å². The number of thioether (sulfide) groups is 1. The maximum Gasteiger partial charge on any atom is 0.196 e. The third-order valence-corrected chi connectivity index (χ3v) is 4.09. The minimum Gasteiger partial charge on any atom is -0.399 e. The van der Waals surface area contributed by atoms with Crippen LogP contribution in [-0.2, 0) is 0 Å². The molecule has 3 aromatic rings. The Morgan fingerprint density at radius 1 is 1.11 bits per heavy atom. The summed E-state index contributed by atoms with van der Waals surface area (Å²) < 4.78 is 2.00. The molecule has 2 N–H and O–H groups in total. The van der Waals surface area contributed by atoms with Crippen LogP contribution in [0.2, 0.25) is 0 Å². The lowest BCUT2D eigenvalue weighted by molar-refractivity contribution is 0.911. The topological polar surface area (TPSA) is 56.2 Å². The van der Waals surface area contributed by atoms with Crippen molar-refractivity contribution in [3.05, 3.63) is 54.2 Å². The van der Waals surface area contributed by atoms with Gasteiger partial charge in [0.1, 0.15) is 0 Å². The fraction of sp³-hybridized carbons (Fsp3) is 0.143. The van der Waals surface area contributed by atoms with Gasteiger partial charge in [-0.05, 0) is 36.8 Å². The molecular formula is C14H14N4S. The number of anilines is 1. The number of pyridine rings is 1. The van der Waals surface area contributed by atoms with E-state index in [1.807, 2.05) is 40.9 Å². The zero-order valence-electron chi connectivity index (χ0n) is 10.5. The lowest BCUT2D eigenvalue weighted by atomic mass is 10.1. The van der Waals surface area contributed by atoms with Crippen LogP contribution in [0, 0.1) is 0 Å². The number of nitrogen functional groups attached to an aromatic ring is 1. The standard InChI is InChI=1S/C14H14N4S/c1-10(11-5-7-12(15)8-6-11)19-14-17-16-13-4-2-3-9-18(13)14/h2-10H,15H2,1H3. The predicted molar refractivity (Wildman–Crippen MR) is 78.1 cm³/mol. The monoisotopic (exact) mass is 270 g/mol. The third kappa shape index (κ3) is 2.42. The van der Waals surface area contributed by atoms with Crippen LogP contribution < -0.4 is 5.73 Å². The molecule has 96 valence electrons. The van der Waals surface area contributed by atoms with Gasteiger partial charge in [0.05, 0.1) is 0 Å². The van der Waals surface area contributed by atoms with E-state index in [1.54, 1.807) is 11.8 Å². The van der Waals surface area contributed by atoms with Gasteiger partial charge in [-0.15, -0.1) is 10.2 Å². The molecule has 0 spiro atoms. The first-order valence-corrected chi connectivity index (χ1v) is 6.94. The Bertz CT molecular complexity index is 690. The minimum absolute atomic E-state index is 0.299. The van der Waals surface area contributed by atoms with E-state index >= 15 is 0 Å². The van der Waals surface area contributed by atoms with E-state index in [0.717, 1.165) is 16.5 Å². The van der Waals surface area contributed by atoms with Gasteiger partial charge in [-0.1, -0.05) is 30.0 Å². The van der Waals surface area contributed by atoms with Crippen LogP contribution in [0.15, 0.2) is 53.8 Å². The van der Waals surface area contributed by atoms with Crippen molar-refractivity contribution in [1.29, 1.82) is 0 Å². The molecule has 0 aliphatic heterocycles. The van der Waals surface area contributed by atoms with Crippen molar-refractivity contribution in [1.82, 2.24) is 14.6 Å². The lowest BCUT2D eigenvalue weighted by Crippen LogP contribution is -1.93. The Balaban J connectivity index is 1.86. The maximum absolute atomic E-state index is 5.70. The Labute approximate surface area is 115 Å². The zero-order valence-corrected chi connectivity index (χ0v) is 11.3. The predicted octanol–water partition coefficient (Wildman–Crippen LogP) is 3.16. The highest BCUT2D eigenvalue weighted by molar-refractivity contribution is 7.99. The highest BCUT2D eigenvalue weighted by Gasteiger charge is 2.12. The number of nitrogens with zero attached hydrogens (tertiary/aromatic N) is 3. The summed E-state index contributed by atoms with van der Waals surface area (Å²) in [6.07, 6.45) is 1.98. The summed E-state index contributed by atoms with van der Waals surface area (Å²) >= 11 is 1.69. The second kappa shape index (κ2) is 4.93. The molecule has 3 rings (SSSR count). The van der Waals surface area contributed by atoms with Gasteiger partial charge >= 0.3 is 0 Å². The molecule has 0 fully saturated rings. The van der Waals surface area contributed by atoms with Gasteiger partial charge in [-0.25, -0.2) is 0 Å². The van der Waals surface area contributed by atoms with E-state index in [4.69, 9.17) is 5.73 Å². The molecule has 1 atom stereocenters. The average molecular weight is 270 g/mol. The first-order valence-electron chi connectivity index (χ1n) is 6.06. The minimum atomic E-state index is 0.299. The van der Waals surface area contributed by atoms with E-state index in [-0.39, 0.29) is 0 Å². The molecule has 1 unspecified atom stereocenters. The molecule has 0 saturated heterocycles. The highest BCUT2D eigenvalue weighted by Crippen LogP contribution is 2.33. The number of fused-ring (bicyclic) bond motifs is 1. The van der Waals surface area contributed by atoms with E-state index in [9.17, 15) is 0 Å². The molecule has 0 saturated carbocycles. The van der Waals surface area contributed by atoms with Crippen LogP contribution in [0.25, 0.3) is 5.65 Å². The van der Waals surface area contributed by atoms with Crippen LogP contribution in [0.4, 0.5) is 5.69 Å². The third-order valence-electron chi connectivity index (χ3n) is 2.97. The summed E-state index contributed by atoms with van der Waals surface area (Å²) in [4.78, 5) is 0. The number of hydrogen-bond donors (Lipinski definition) is 1. The Kier molecular flexibility index (Phi) is 3.13. The molecule has 0 aliphatic carbocycles. The van der Waals surface area contributed by atoms with Crippen molar-refractivity contribution in [3.63, 3.8) is 0 Å². The van der Waals surface area contributed by atoms with Crippen molar-refractivity contribution >= 4 is 23.1 Å². The largest absolute Gasteiger partial charge is 0.399 e. The van der Waals surface area contributed by atoms with Crippen molar-refractivity contribution in [3.8, 4) is 0 Å². The Morgan fingerprint density at radius 2 is 1.89 bits per heavy atom. The SMILES string of the molecule is CC(Sc1nnc2ccccn12)c1ccc(N)cc1. The first kappa shape index (κ1) is 12.0. The molecule has 0 amide bonds. The van der Waals surface area contributed by atoms with Gasteiger partial charge in [0.2, 0.25) is 0 Å². The molecule has 0 radical (unpaired) electrons. The highest BCUT2D eigenvalue weighted by atomic mass is 32.2. The van der Waals surface area contributed by atoms with E-state index in [2.05, 4.69) is 29.3 Å². The van der Waals surface area contributed by atoms with Crippen LogP contribution in [0.1, 0.15) is 17.7 Å². The van der Waals surface area contributed by atoms with Crippen molar-refractivity contribution in [2.24, 2.45) is 0 Å². The quantitative estimate of drug-likeness (QED) is 0.586. The van der Waals surface area contributed by atoms with E-state index in [1.165, 1.54) is 5.56 Å². The number of nitrogens with two attached hydrogens (primary N) is 1. The number of benzene rings is 1. The molecule has 4 nitrogen and oxygen atoms in total. The smallest absolute Gasteiger partial charge is 0.196 e. The van der Waals surface area contributed by atoms with Gasteiger partial charge in [-0.2, -0.15) is 0 Å². The van der Waals surface area contributed by atoms with Crippen LogP contribution >= 0.6 is 11.8 Å². The van der Waals surface area contributed by atoms with Crippen molar-refractivity contribution < 1.29 is 0 Å². The van der Waals surface area contributed by atoms with Crippen LogP contribution in [0.5, 0.6) is 0 Å². The molecule has 19 heavy (non-hydrogen) atoms. The summed E-state index contributed by atoms with van der Waals surface area (Å²) in [6.45, 7) is 2.15. The first-order chi connectivity index (χ1) is 9.24. The summed E-state index contributed by atoms with van der Waals surface area (Å²) in [5.41, 5.74) is 8.59. The van der Waals surface area contributed by atoms with E-state index in [0.29, 0.717) is 5.25 Å². The Morgan fingerprint density at radius 3 is 2.68 bits per heavy atom. The fourth-order valence-electron chi connectivity index (χ4n) is 1.89. The average Bonchev–Trinajstić information content (AvgIpc) is 2.83. The van der Waals surface area contributed by atoms with Gasteiger partial charge in [0.25, 0.3) is 0 Å². The zero-order chi connectivity index (χ0) is 13.2. The van der Waals surface area contributed by atoms with Crippen molar-refractivity contribution in [2.45, 2.75) is 17.3 Å². The molecule has 2 heterocycles. The van der Waals surface area contributed by atoms with Crippen molar-refractivity contribution in [2.75, 3.05) is 5.73 Å². The Hall–Kier alpha value is -2.01. The second-order valence-electron chi connectivity index (χ2n) is 4.34. The molecular weight excluding hydrogens is 256 g/mol. The molecule has 2 aromatic heterocycles. The maximum atomic E-state index is 5.70. The van der Waals surface area contributed by atoms with Crippen LogP contribution in [0.3, 0.4) is 0 Å². The molecule has 0 bridgehead atoms. The molecule has 0 aliphatic rings. The number of aromatic nitrogens is 3. The fourth-order valence-corrected chi connectivity index (χ4v) is 2.86. The normalized spacial score (nSPS) is 12.7. The summed E-state index contributed by atoms with van der Waals surface area (Å²) in [7, 11) is 0. The summed E-state index contributed by atoms with van der Waals surface area (Å²) in [5, 5.41) is 9.58.